The number of carbonyl (C=O) groups is 5. The smallest absolute Gasteiger partial charge is 0.412 e. The first kappa shape index (κ1) is 86.1. The van der Waals surface area contributed by atoms with Gasteiger partial charge in [-0.15, -0.1) is 24.0 Å². The quantitative estimate of drug-likeness (QED) is 0.0116. The zero-order valence-electron chi connectivity index (χ0n) is 52.9. The van der Waals surface area contributed by atoms with Gasteiger partial charge in [-0.3, -0.25) is 38.9 Å². The maximum absolute atomic E-state index is 14.4. The Morgan fingerprint density at radius 3 is 1.32 bits per heavy atom. The Hall–Kier alpha value is -5.93. The van der Waals surface area contributed by atoms with Crippen molar-refractivity contribution in [3.8, 4) is 0 Å². The number of rotatable bonds is 19. The maximum Gasteiger partial charge on any atom is 0.412 e. The molecule has 39 heteroatoms. The van der Waals surface area contributed by atoms with Crippen LogP contribution in [0.15, 0.2) is 44.0 Å². The molecule has 3 aliphatic heterocycles. The van der Waals surface area contributed by atoms with E-state index >= 15 is 0 Å². The number of H-pyrrole nitrogens is 1. The van der Waals surface area contributed by atoms with Crippen LogP contribution in [0.3, 0.4) is 0 Å². The van der Waals surface area contributed by atoms with Crippen molar-refractivity contribution in [2.75, 3.05) is 41.9 Å². The second-order valence-electron chi connectivity index (χ2n) is 20.6. The van der Waals surface area contributed by atoms with Gasteiger partial charge in [0.1, 0.15) is 18.0 Å². The lowest BCUT2D eigenvalue weighted by Gasteiger charge is -2.22. The van der Waals surface area contributed by atoms with E-state index in [4.69, 9.17) is 56.2 Å². The lowest BCUT2D eigenvalue weighted by atomic mass is 10.0. The molecule has 7 heterocycles. The number of nitrogen functional groups attached to an aromatic ring is 2. The van der Waals surface area contributed by atoms with Crippen LogP contribution < -0.4 is 44.9 Å². The van der Waals surface area contributed by atoms with Crippen molar-refractivity contribution in [1.29, 1.82) is 0 Å². The number of carbonyl (C=O) groups excluding carboxylic acids is 5. The van der Waals surface area contributed by atoms with Gasteiger partial charge >= 0.3 is 52.3 Å². The van der Waals surface area contributed by atoms with E-state index in [2.05, 4.69) is 79.5 Å². The van der Waals surface area contributed by atoms with E-state index in [1.165, 1.54) is 20.8 Å². The minimum Gasteiger partial charge on any atom is -0.457 e. The molecule has 2 amide bonds. The number of aromatic amines is 1. The lowest BCUT2D eigenvalue weighted by molar-refractivity contribution is -0.154. The topological polar surface area (TPSA) is 426 Å². The second kappa shape index (κ2) is 44.0. The molecule has 4 aromatic heterocycles. The van der Waals surface area contributed by atoms with E-state index in [1.54, 1.807) is 20.8 Å². The average Bonchev–Trinajstić information content (AvgIpc) is 1.61. The minimum atomic E-state index is -1.41. The van der Waals surface area contributed by atoms with Crippen molar-refractivity contribution in [3.63, 3.8) is 0 Å². The number of nitrogens with one attached hydrogen (secondary N) is 3. The number of hydrogen-bond donors (Lipinski definition) is 7. The molecule has 12 atom stereocenters. The third-order valence-corrected chi connectivity index (χ3v) is 13.7. The van der Waals surface area contributed by atoms with Gasteiger partial charge in [0.25, 0.3) is 0 Å². The van der Waals surface area contributed by atoms with Gasteiger partial charge in [-0.25, -0.2) is 51.1 Å². The molecule has 530 valence electrons. The number of unbranched alkanes of at least 4 members (excludes halogenated alkanes) is 6. The third-order valence-electron chi connectivity index (χ3n) is 13.6. The van der Waals surface area contributed by atoms with E-state index in [9.17, 15) is 70.9 Å². The summed E-state index contributed by atoms with van der Waals surface area (Å²) in [5, 5.41) is 23.7. The van der Waals surface area contributed by atoms with Crippen LogP contribution in [-0.4, -0.2) is 141 Å². The summed E-state index contributed by atoms with van der Waals surface area (Å²) < 4.78 is 97.9. The first-order chi connectivity index (χ1) is 43.9. The summed E-state index contributed by atoms with van der Waals surface area (Å²) in [5.74, 6) is -6.76. The van der Waals surface area contributed by atoms with Crippen LogP contribution in [0.4, 0.5) is 55.2 Å². The Kier molecular flexibility index (Phi) is 40.3. The van der Waals surface area contributed by atoms with E-state index in [0.717, 1.165) is 83.4 Å². The molecule has 4 aromatic rings. The number of aliphatic hydroxyl groups is 2. The van der Waals surface area contributed by atoms with Crippen molar-refractivity contribution in [1.82, 2.24) is 38.6 Å². The predicted octanol–water partition coefficient (Wildman–Crippen LogP) is 8.25. The number of anilines is 4. The van der Waals surface area contributed by atoms with Gasteiger partial charge in [0, 0.05) is 74.5 Å². The molecule has 0 spiro atoms. The summed E-state index contributed by atoms with van der Waals surface area (Å²) in [7, 11) is 0. The Morgan fingerprint density at radius 2 is 0.968 bits per heavy atom. The van der Waals surface area contributed by atoms with E-state index in [1.807, 2.05) is 25.8 Å². The molecule has 7 rings (SSSR count). The van der Waals surface area contributed by atoms with Gasteiger partial charge in [0.2, 0.25) is 0 Å². The van der Waals surface area contributed by atoms with E-state index in [0.29, 0.717) is 19.4 Å². The number of aliphatic hydroxyl groups excluding tert-OH is 2. The molecule has 31 nitrogen and oxygen atoms in total. The summed E-state index contributed by atoms with van der Waals surface area (Å²) in [5.41, 5.74) is 6.27. The minimum absolute atomic E-state index is 0. The molecule has 0 radical (unpaired) electrons. The Labute approximate surface area is 582 Å². The fraction of sp³-hybridized carbons (Fsp3) is 0.618. The number of halogens is 8. The van der Waals surface area contributed by atoms with Gasteiger partial charge in [0.05, 0.1) is 62.9 Å². The molecular formula is C55H80ClF4I3N12O19. The first-order valence-corrected chi connectivity index (χ1v) is 35.7. The molecule has 3 fully saturated rings. The molecule has 0 aliphatic carbocycles. The van der Waals surface area contributed by atoms with Crippen molar-refractivity contribution in [3.05, 3.63) is 90.0 Å². The lowest BCUT2D eigenvalue weighted by Crippen LogP contribution is -2.36. The normalized spacial score (nSPS) is 22.1. The van der Waals surface area contributed by atoms with E-state index < -0.39 is 142 Å². The molecular weight excluding hydrogens is 1620 g/mol. The molecule has 2 unspecified atom stereocenters. The number of aromatic nitrogens is 8. The highest BCUT2D eigenvalue weighted by Crippen LogP contribution is 2.37. The van der Waals surface area contributed by atoms with Crippen LogP contribution in [0.5, 0.6) is 0 Å². The highest BCUT2D eigenvalue weighted by atomic mass is 128. The SMILES string of the molecule is CC(=O)O[C@@H]1[C@H](C)[C@@H](C)O[C@H]1n1cc(F)c(N)nc1=O.CCCCCOC(=O)Cl.CCCCCOC(=O)Nc1nc(=O)n(C2O[C@H](C)[C@@H](C)[C@H]2OC(C)=O)cc1F.CCCCCOC(=O)Nc1nc(=O)n(C2O[C@H](C)[C@@H](O)[C@H]2O)cc1F.I.II.Nc1[nH]c(=O)ncc1F. The number of amides is 2. The highest BCUT2D eigenvalue weighted by molar-refractivity contribution is 15.0. The van der Waals surface area contributed by atoms with Crippen LogP contribution in [0.1, 0.15) is 146 Å². The van der Waals surface area contributed by atoms with Crippen LogP contribution in [0.25, 0.3) is 0 Å². The Bertz CT molecular complexity index is 3310. The van der Waals surface area contributed by atoms with Crippen molar-refractivity contribution >= 4 is 126 Å². The molecule has 0 aromatic carbocycles. The summed E-state index contributed by atoms with van der Waals surface area (Å²) in [6.45, 7) is 18.1. The Balaban J connectivity index is 0.000000616. The van der Waals surface area contributed by atoms with Crippen LogP contribution in [0.2, 0.25) is 0 Å². The van der Waals surface area contributed by atoms with Crippen LogP contribution >= 0.6 is 72.8 Å². The summed E-state index contributed by atoms with van der Waals surface area (Å²) >= 11 is 9.14. The number of hydrogen-bond acceptors (Lipinski definition) is 25. The molecule has 0 saturated carbocycles. The van der Waals surface area contributed by atoms with Crippen molar-refractivity contribution in [2.45, 2.75) is 188 Å². The molecule has 0 bridgehead atoms. The first-order valence-electron chi connectivity index (χ1n) is 29.0. The van der Waals surface area contributed by atoms with Gasteiger partial charge in [-0.1, -0.05) is 73.1 Å². The van der Waals surface area contributed by atoms with Crippen molar-refractivity contribution < 1.29 is 89.6 Å². The number of ether oxygens (including phenoxy) is 8. The zero-order chi connectivity index (χ0) is 70.4. The Morgan fingerprint density at radius 1 is 0.596 bits per heavy atom. The highest BCUT2D eigenvalue weighted by Gasteiger charge is 2.46. The number of nitrogens with two attached hydrogens (primary N) is 2. The van der Waals surface area contributed by atoms with Crippen LogP contribution in [-0.2, 0) is 47.5 Å². The van der Waals surface area contributed by atoms with E-state index in [-0.39, 0.29) is 67.1 Å². The number of esters is 2. The molecule has 3 aliphatic rings. The van der Waals surface area contributed by atoms with Gasteiger partial charge < -0.3 is 59.6 Å². The third kappa shape index (κ3) is 28.0. The standard InChI is InChI=1S/C18H26FN3O6.C15H22FN3O6.C12H16FN3O4.C6H11ClO2.C4H4FN3O.I2.HI/c1-5-6-7-8-26-18(25)21-15-13(19)9-22(17(24)20-15)16-14(28-12(4)23)10(2)11(3)27-16;1-3-4-5-6-24-15(23)18-12-9(16)7-19(14(22)17-12)13-11(21)10(20)8(2)25-13;1-5-6(2)19-11(9(5)20-7(3)17)16-4-8(13)10(14)15-12(16)18;1-2-3-4-5-9-6(7)8;5-2-1-7-4(9)8-3(2)6;1-2;/h9-11,14,16H,5-8H2,1-4H3,(H,20,21,24,25);7-8,10-11,13,20-21H,3-6H2,1-2H3,(H,17,18,22,23);4-6,9,11H,1-3H3,(H2,14,15,18);2-5H2,1H3;1H,(H3,6,7,8,9);;1H/t10-,11-,14-,16?;8-,10-,11-,13?;5-,6-,9-,11-;;;;/m111..../s1. The summed E-state index contributed by atoms with van der Waals surface area (Å²) in [6.07, 6.45) is 1.13. The molecule has 94 heavy (non-hydrogen) atoms. The van der Waals surface area contributed by atoms with Crippen LogP contribution in [0, 0.1) is 35.1 Å². The second-order valence-corrected chi connectivity index (χ2v) is 20.9. The van der Waals surface area contributed by atoms with Gasteiger partial charge in [0.15, 0.2) is 71.6 Å². The fourth-order valence-electron chi connectivity index (χ4n) is 8.38. The zero-order valence-corrected chi connectivity index (χ0v) is 60.3. The summed E-state index contributed by atoms with van der Waals surface area (Å²) in [4.78, 5) is 118. The largest absolute Gasteiger partial charge is 0.457 e. The van der Waals surface area contributed by atoms with Crippen molar-refractivity contribution in [2.24, 2.45) is 11.8 Å². The summed E-state index contributed by atoms with van der Waals surface area (Å²) in [6, 6.07) is 0. The van der Waals surface area contributed by atoms with Gasteiger partial charge in [-0.2, -0.15) is 19.9 Å². The predicted molar refractivity (Wildman–Crippen MR) is 358 cm³/mol. The molecule has 3 saturated heterocycles. The fourth-order valence-corrected chi connectivity index (χ4v) is 8.46. The number of nitrogens with zero attached hydrogens (tertiary/aromatic N) is 7. The monoisotopic (exact) mass is 1700 g/mol. The molecule has 9 N–H and O–H groups in total. The maximum atomic E-state index is 14.4. The van der Waals surface area contributed by atoms with Gasteiger partial charge in [-0.05, 0) is 40.0 Å². The average molecular weight is 1710 g/mol.